The number of nitrogens with one attached hydrogen (secondary N) is 1. The van der Waals surface area contributed by atoms with Crippen LogP contribution in [0.4, 0.5) is 13.2 Å². The fourth-order valence-corrected chi connectivity index (χ4v) is 3.25. The topological polar surface area (TPSA) is 75.4 Å². The van der Waals surface area contributed by atoms with E-state index in [0.717, 1.165) is 6.07 Å². The second-order valence-corrected chi connectivity index (χ2v) is 7.02. The lowest BCUT2D eigenvalue weighted by atomic mass is 10.1. The van der Waals surface area contributed by atoms with Gasteiger partial charge in [0.15, 0.2) is 12.1 Å². The maximum absolute atomic E-state index is 13.2. The molecule has 0 radical (unpaired) electrons. The van der Waals surface area contributed by atoms with Crippen molar-refractivity contribution in [3.05, 3.63) is 53.2 Å². The van der Waals surface area contributed by atoms with E-state index in [1.165, 1.54) is 29.5 Å². The van der Waals surface area contributed by atoms with Crippen molar-refractivity contribution in [2.24, 2.45) is 0 Å². The number of hydrogen-bond donors (Lipinski definition) is 1. The summed E-state index contributed by atoms with van der Waals surface area (Å²) < 4.78 is 44.7. The van der Waals surface area contributed by atoms with Crippen molar-refractivity contribution in [3.8, 4) is 0 Å². The first-order valence-electron chi connectivity index (χ1n) is 8.84. The molecule has 1 atom stereocenters. The molecule has 1 N–H and O–H groups in total. The molecule has 6 nitrogen and oxygen atoms in total. The Bertz CT molecular complexity index is 877. The summed E-state index contributed by atoms with van der Waals surface area (Å²) in [6.07, 6.45) is -3.29. The smallest absolute Gasteiger partial charge is 0.416 e. The maximum atomic E-state index is 13.2. The third-order valence-electron chi connectivity index (χ3n) is 4.57. The van der Waals surface area contributed by atoms with Gasteiger partial charge in [0.25, 0.3) is 5.91 Å². The van der Waals surface area contributed by atoms with E-state index in [1.54, 1.807) is 0 Å². The Morgan fingerprint density at radius 3 is 2.75 bits per heavy atom. The summed E-state index contributed by atoms with van der Waals surface area (Å²) in [6, 6.07) is 4.66. The van der Waals surface area contributed by atoms with Gasteiger partial charge >= 0.3 is 6.18 Å². The van der Waals surface area contributed by atoms with Gasteiger partial charge in [0.1, 0.15) is 5.76 Å². The van der Waals surface area contributed by atoms with E-state index in [1.807, 2.05) is 13.8 Å². The minimum Gasteiger partial charge on any atom is -0.447 e. The van der Waals surface area contributed by atoms with Gasteiger partial charge in [0.05, 0.1) is 11.6 Å². The van der Waals surface area contributed by atoms with E-state index < -0.39 is 23.7 Å². The molecule has 1 saturated heterocycles. The Labute approximate surface area is 159 Å². The summed E-state index contributed by atoms with van der Waals surface area (Å²) in [5.74, 6) is -0.374. The summed E-state index contributed by atoms with van der Waals surface area (Å²) in [5.41, 5.74) is -0.586. The van der Waals surface area contributed by atoms with Crippen molar-refractivity contribution in [1.29, 1.82) is 0 Å². The molecular weight excluding hydrogens is 375 g/mol. The number of amides is 2. The zero-order chi connectivity index (χ0) is 20.5. The molecule has 0 saturated carbocycles. The van der Waals surface area contributed by atoms with Gasteiger partial charge in [-0.3, -0.25) is 9.59 Å². The van der Waals surface area contributed by atoms with Crippen LogP contribution in [-0.4, -0.2) is 34.3 Å². The standard InChI is InChI=1S/C19H20F3N3O3/c1-11(2)17-16(23-10-28-17)18(27)24-13-7-15(26)25(9-13)8-12-5-3-4-6-14(12)19(20,21)22/h3-6,10-11,13H,7-9H2,1-2H3,(H,24,27). The minimum atomic E-state index is -4.49. The van der Waals surface area contributed by atoms with Gasteiger partial charge in [-0.05, 0) is 11.6 Å². The summed E-state index contributed by atoms with van der Waals surface area (Å²) in [7, 11) is 0. The van der Waals surface area contributed by atoms with E-state index in [0.29, 0.717) is 5.76 Å². The van der Waals surface area contributed by atoms with Crippen molar-refractivity contribution in [1.82, 2.24) is 15.2 Å². The highest BCUT2D eigenvalue weighted by Gasteiger charge is 2.36. The van der Waals surface area contributed by atoms with Gasteiger partial charge < -0.3 is 14.6 Å². The van der Waals surface area contributed by atoms with Crippen LogP contribution in [0, 0.1) is 0 Å². The first kappa shape index (κ1) is 19.9. The summed E-state index contributed by atoms with van der Waals surface area (Å²) in [6.45, 7) is 3.68. The molecule has 1 aliphatic heterocycles. The Morgan fingerprint density at radius 2 is 2.07 bits per heavy atom. The third-order valence-corrected chi connectivity index (χ3v) is 4.57. The van der Waals surface area contributed by atoms with Gasteiger partial charge in [-0.1, -0.05) is 32.0 Å². The maximum Gasteiger partial charge on any atom is 0.416 e. The predicted molar refractivity (Wildman–Crippen MR) is 93.3 cm³/mol. The molecule has 2 amide bonds. The molecule has 1 aliphatic rings. The molecule has 0 spiro atoms. The second kappa shape index (κ2) is 7.65. The fraction of sp³-hybridized carbons (Fsp3) is 0.421. The van der Waals surface area contributed by atoms with E-state index in [2.05, 4.69) is 10.3 Å². The number of likely N-dealkylation sites (tertiary alicyclic amines) is 1. The molecule has 3 rings (SSSR count). The lowest BCUT2D eigenvalue weighted by molar-refractivity contribution is -0.139. The van der Waals surface area contributed by atoms with Crippen LogP contribution in [-0.2, 0) is 17.5 Å². The number of halogens is 3. The Kier molecular flexibility index (Phi) is 5.44. The quantitative estimate of drug-likeness (QED) is 0.843. The van der Waals surface area contributed by atoms with E-state index in [4.69, 9.17) is 4.42 Å². The molecule has 2 aromatic rings. The van der Waals surface area contributed by atoms with Crippen LogP contribution < -0.4 is 5.32 Å². The summed E-state index contributed by atoms with van der Waals surface area (Å²) in [4.78, 5) is 29.9. The van der Waals surface area contributed by atoms with Crippen molar-refractivity contribution in [2.45, 2.75) is 44.9 Å². The van der Waals surface area contributed by atoms with Gasteiger partial charge in [0, 0.05) is 25.4 Å². The second-order valence-electron chi connectivity index (χ2n) is 7.02. The van der Waals surface area contributed by atoms with Crippen molar-refractivity contribution in [2.75, 3.05) is 6.54 Å². The van der Waals surface area contributed by atoms with Crippen molar-refractivity contribution < 1.29 is 27.2 Å². The first-order valence-corrected chi connectivity index (χ1v) is 8.84. The number of alkyl halides is 3. The van der Waals surface area contributed by atoms with Crippen molar-refractivity contribution >= 4 is 11.8 Å². The Morgan fingerprint density at radius 1 is 1.36 bits per heavy atom. The molecule has 1 unspecified atom stereocenters. The number of carbonyl (C=O) groups excluding carboxylic acids is 2. The van der Waals surface area contributed by atoms with Crippen molar-refractivity contribution in [3.63, 3.8) is 0 Å². The number of oxazole rings is 1. The van der Waals surface area contributed by atoms with Crippen LogP contribution in [0.1, 0.15) is 53.6 Å². The number of benzene rings is 1. The Balaban J connectivity index is 1.68. The number of aromatic nitrogens is 1. The number of carbonyl (C=O) groups is 2. The average molecular weight is 395 g/mol. The normalized spacial score (nSPS) is 17.4. The van der Waals surface area contributed by atoms with Gasteiger partial charge in [0.2, 0.25) is 5.91 Å². The molecule has 1 fully saturated rings. The first-order chi connectivity index (χ1) is 13.2. The zero-order valence-corrected chi connectivity index (χ0v) is 15.4. The van der Waals surface area contributed by atoms with E-state index >= 15 is 0 Å². The predicted octanol–water partition coefficient (Wildman–Crippen LogP) is 3.35. The molecule has 0 bridgehead atoms. The molecular formula is C19H20F3N3O3. The highest BCUT2D eigenvalue weighted by molar-refractivity contribution is 5.94. The average Bonchev–Trinajstić information content (AvgIpc) is 3.22. The number of rotatable bonds is 5. The summed E-state index contributed by atoms with van der Waals surface area (Å²) >= 11 is 0. The van der Waals surface area contributed by atoms with E-state index in [9.17, 15) is 22.8 Å². The monoisotopic (exact) mass is 395 g/mol. The number of nitrogens with zero attached hydrogens (tertiary/aromatic N) is 2. The van der Waals surface area contributed by atoms with Gasteiger partial charge in [-0.2, -0.15) is 13.2 Å². The van der Waals surface area contributed by atoms with Gasteiger partial charge in [-0.25, -0.2) is 4.98 Å². The molecule has 150 valence electrons. The number of hydrogen-bond acceptors (Lipinski definition) is 4. The van der Waals surface area contributed by atoms with Crippen LogP contribution in [0.2, 0.25) is 0 Å². The van der Waals surface area contributed by atoms with Crippen LogP contribution in [0.25, 0.3) is 0 Å². The molecule has 28 heavy (non-hydrogen) atoms. The zero-order valence-electron chi connectivity index (χ0n) is 15.4. The van der Waals surface area contributed by atoms with Crippen LogP contribution >= 0.6 is 0 Å². The highest BCUT2D eigenvalue weighted by Crippen LogP contribution is 2.33. The molecule has 9 heteroatoms. The molecule has 1 aromatic heterocycles. The molecule has 1 aromatic carbocycles. The van der Waals surface area contributed by atoms with E-state index in [-0.39, 0.29) is 42.6 Å². The third kappa shape index (κ3) is 4.18. The molecule has 2 heterocycles. The summed E-state index contributed by atoms with van der Waals surface area (Å²) in [5, 5.41) is 2.72. The lowest BCUT2D eigenvalue weighted by Gasteiger charge is -2.20. The van der Waals surface area contributed by atoms with Crippen LogP contribution in [0.3, 0.4) is 0 Å². The minimum absolute atomic E-state index is 0.0221. The Hall–Kier alpha value is -2.84. The SMILES string of the molecule is CC(C)c1ocnc1C(=O)NC1CC(=O)N(Cc2ccccc2C(F)(F)F)C1. The lowest BCUT2D eigenvalue weighted by Crippen LogP contribution is -2.37. The van der Waals surface area contributed by atoms with Crippen LogP contribution in [0.15, 0.2) is 35.1 Å². The van der Waals surface area contributed by atoms with Gasteiger partial charge in [-0.15, -0.1) is 0 Å². The molecule has 0 aliphatic carbocycles. The largest absolute Gasteiger partial charge is 0.447 e. The highest BCUT2D eigenvalue weighted by atomic mass is 19.4. The fourth-order valence-electron chi connectivity index (χ4n) is 3.25. The van der Waals surface area contributed by atoms with Crippen LogP contribution in [0.5, 0.6) is 0 Å².